The highest BCUT2D eigenvalue weighted by Crippen LogP contribution is 2.11. The Balaban J connectivity index is 2.70. The lowest BCUT2D eigenvalue weighted by molar-refractivity contribution is -0.151. The molecule has 0 aromatic heterocycles. The van der Waals surface area contributed by atoms with E-state index in [1.807, 2.05) is 0 Å². The van der Waals surface area contributed by atoms with Gasteiger partial charge in [-0.1, -0.05) is 6.92 Å². The quantitative estimate of drug-likeness (QED) is 0.623. The summed E-state index contributed by atoms with van der Waals surface area (Å²) in [5, 5.41) is 10.6. The molecule has 0 saturated carbocycles. The fourth-order valence-corrected chi connectivity index (χ4v) is 1.69. The lowest BCUT2D eigenvalue weighted by Crippen LogP contribution is -2.59. The average Bonchev–Trinajstić information content (AvgIpc) is 2.24. The first-order valence-corrected chi connectivity index (χ1v) is 5.30. The van der Waals surface area contributed by atoms with Gasteiger partial charge in [0.2, 0.25) is 17.7 Å². The van der Waals surface area contributed by atoms with Crippen LogP contribution in [0.15, 0.2) is 0 Å². The third-order valence-electron chi connectivity index (χ3n) is 2.52. The van der Waals surface area contributed by atoms with Crippen molar-refractivity contribution in [3.63, 3.8) is 0 Å². The van der Waals surface area contributed by atoms with Crippen molar-refractivity contribution < 1.29 is 24.3 Å². The fraction of sp³-hybridized carbons (Fsp3) is 0.600. The van der Waals surface area contributed by atoms with Gasteiger partial charge in [-0.2, -0.15) is 0 Å². The van der Waals surface area contributed by atoms with E-state index in [1.165, 1.54) is 0 Å². The van der Waals surface area contributed by atoms with E-state index in [9.17, 15) is 19.2 Å². The van der Waals surface area contributed by atoms with Gasteiger partial charge in [-0.05, 0) is 6.42 Å². The zero-order valence-electron chi connectivity index (χ0n) is 9.43. The Morgan fingerprint density at radius 1 is 1.41 bits per heavy atom. The first kappa shape index (κ1) is 13.1. The zero-order chi connectivity index (χ0) is 13.0. The van der Waals surface area contributed by atoms with Crippen molar-refractivity contribution in [1.29, 1.82) is 0 Å². The van der Waals surface area contributed by atoms with Gasteiger partial charge in [0.15, 0.2) is 0 Å². The lowest BCUT2D eigenvalue weighted by Gasteiger charge is -2.33. The molecule has 2 N–H and O–H groups in total. The summed E-state index contributed by atoms with van der Waals surface area (Å²) in [6.45, 7) is 1.53. The summed E-state index contributed by atoms with van der Waals surface area (Å²) in [5.74, 6) is -2.61. The number of carbonyl (C=O) groups excluding carboxylic acids is 3. The van der Waals surface area contributed by atoms with Crippen LogP contribution in [0, 0.1) is 0 Å². The standard InChI is InChI=1S/C10H14N2O5/c1-2-6-10(17)11-7(13)5-12(6)8(14)3-4-9(15)16/h6H,2-5H2,1H3,(H,15,16)(H,11,13,17). The number of imide groups is 1. The van der Waals surface area contributed by atoms with Gasteiger partial charge >= 0.3 is 5.97 Å². The minimum Gasteiger partial charge on any atom is -0.481 e. The lowest BCUT2D eigenvalue weighted by atomic mass is 10.1. The van der Waals surface area contributed by atoms with Crippen LogP contribution in [0.1, 0.15) is 26.2 Å². The van der Waals surface area contributed by atoms with E-state index < -0.39 is 29.7 Å². The molecule has 1 fully saturated rings. The van der Waals surface area contributed by atoms with Gasteiger partial charge < -0.3 is 10.0 Å². The Morgan fingerprint density at radius 2 is 2.06 bits per heavy atom. The van der Waals surface area contributed by atoms with Crippen LogP contribution in [0.2, 0.25) is 0 Å². The number of nitrogens with one attached hydrogen (secondary N) is 1. The number of nitrogens with zero attached hydrogens (tertiary/aromatic N) is 1. The van der Waals surface area contributed by atoms with Gasteiger partial charge in [0, 0.05) is 6.42 Å². The molecule has 3 amide bonds. The second-order valence-electron chi connectivity index (χ2n) is 3.75. The van der Waals surface area contributed by atoms with E-state index in [2.05, 4.69) is 5.32 Å². The maximum absolute atomic E-state index is 11.7. The maximum atomic E-state index is 11.7. The molecule has 0 aromatic rings. The number of rotatable bonds is 4. The maximum Gasteiger partial charge on any atom is 0.303 e. The fourth-order valence-electron chi connectivity index (χ4n) is 1.69. The van der Waals surface area contributed by atoms with Crippen LogP contribution in [-0.4, -0.2) is 46.3 Å². The normalized spacial score (nSPS) is 20.1. The molecule has 1 saturated heterocycles. The van der Waals surface area contributed by atoms with Crippen LogP contribution in [0.5, 0.6) is 0 Å². The Labute approximate surface area is 97.8 Å². The molecule has 7 heteroatoms. The first-order chi connectivity index (χ1) is 7.95. The molecule has 0 aromatic carbocycles. The molecule has 94 valence electrons. The summed E-state index contributed by atoms with van der Waals surface area (Å²) < 4.78 is 0. The van der Waals surface area contributed by atoms with Gasteiger partial charge in [-0.25, -0.2) is 0 Å². The third kappa shape index (κ3) is 3.27. The molecular weight excluding hydrogens is 228 g/mol. The van der Waals surface area contributed by atoms with Gasteiger partial charge in [0.1, 0.15) is 12.6 Å². The highest BCUT2D eigenvalue weighted by atomic mass is 16.4. The number of amides is 3. The highest BCUT2D eigenvalue weighted by molar-refractivity contribution is 6.04. The Hall–Kier alpha value is -1.92. The largest absolute Gasteiger partial charge is 0.481 e. The van der Waals surface area contributed by atoms with Crippen molar-refractivity contribution in [3.8, 4) is 0 Å². The molecule has 1 aliphatic heterocycles. The summed E-state index contributed by atoms with van der Waals surface area (Å²) in [4.78, 5) is 45.8. The van der Waals surface area contributed by atoms with Gasteiger partial charge in [0.05, 0.1) is 6.42 Å². The summed E-state index contributed by atoms with van der Waals surface area (Å²) >= 11 is 0. The molecule has 1 atom stereocenters. The molecule has 1 aliphatic rings. The van der Waals surface area contributed by atoms with Gasteiger partial charge in [-0.3, -0.25) is 24.5 Å². The molecule has 17 heavy (non-hydrogen) atoms. The molecule has 0 aliphatic carbocycles. The number of carboxylic acids is 1. The molecule has 0 spiro atoms. The zero-order valence-corrected chi connectivity index (χ0v) is 9.43. The molecule has 1 heterocycles. The van der Waals surface area contributed by atoms with Gasteiger partial charge in [-0.15, -0.1) is 0 Å². The van der Waals surface area contributed by atoms with Crippen LogP contribution in [0.4, 0.5) is 0 Å². The number of hydrogen-bond donors (Lipinski definition) is 2. The van der Waals surface area contributed by atoms with E-state index in [-0.39, 0.29) is 19.4 Å². The van der Waals surface area contributed by atoms with Crippen LogP contribution in [0.25, 0.3) is 0 Å². The summed E-state index contributed by atoms with van der Waals surface area (Å²) in [5.41, 5.74) is 0. The summed E-state index contributed by atoms with van der Waals surface area (Å²) in [7, 11) is 0. The topological polar surface area (TPSA) is 104 Å². The minimum atomic E-state index is -1.08. The predicted molar refractivity (Wildman–Crippen MR) is 55.8 cm³/mol. The number of piperazine rings is 1. The van der Waals surface area contributed by atoms with E-state index in [0.717, 1.165) is 4.90 Å². The van der Waals surface area contributed by atoms with Crippen LogP contribution >= 0.6 is 0 Å². The number of hydrogen-bond acceptors (Lipinski definition) is 4. The predicted octanol–water partition coefficient (Wildman–Crippen LogP) is -0.885. The van der Waals surface area contributed by atoms with Crippen LogP contribution < -0.4 is 5.32 Å². The van der Waals surface area contributed by atoms with Gasteiger partial charge in [0.25, 0.3) is 0 Å². The Bertz CT molecular complexity index is 366. The van der Waals surface area contributed by atoms with Crippen LogP contribution in [-0.2, 0) is 19.2 Å². The molecule has 0 radical (unpaired) electrons. The molecule has 1 unspecified atom stereocenters. The number of carboxylic acid groups (broad SMARTS) is 1. The van der Waals surface area contributed by atoms with E-state index >= 15 is 0 Å². The summed E-state index contributed by atoms with van der Waals surface area (Å²) in [6, 6.07) is -0.686. The Kier molecular flexibility index (Phi) is 4.19. The van der Waals surface area contributed by atoms with Crippen molar-refractivity contribution in [2.75, 3.05) is 6.54 Å². The third-order valence-corrected chi connectivity index (χ3v) is 2.52. The molecule has 0 bridgehead atoms. The Morgan fingerprint density at radius 3 is 2.59 bits per heavy atom. The summed E-state index contributed by atoms with van der Waals surface area (Å²) in [6.07, 6.45) is -0.119. The van der Waals surface area contributed by atoms with Crippen molar-refractivity contribution in [3.05, 3.63) is 0 Å². The molecule has 7 nitrogen and oxygen atoms in total. The second kappa shape index (κ2) is 5.42. The first-order valence-electron chi connectivity index (χ1n) is 5.30. The second-order valence-corrected chi connectivity index (χ2v) is 3.75. The van der Waals surface area contributed by atoms with E-state index in [1.54, 1.807) is 6.92 Å². The monoisotopic (exact) mass is 242 g/mol. The van der Waals surface area contributed by atoms with Crippen LogP contribution in [0.3, 0.4) is 0 Å². The average molecular weight is 242 g/mol. The number of carbonyl (C=O) groups is 4. The van der Waals surface area contributed by atoms with Crippen molar-refractivity contribution >= 4 is 23.7 Å². The van der Waals surface area contributed by atoms with Crippen molar-refractivity contribution in [2.45, 2.75) is 32.2 Å². The highest BCUT2D eigenvalue weighted by Gasteiger charge is 2.35. The molecule has 1 rings (SSSR count). The minimum absolute atomic E-state index is 0.192. The van der Waals surface area contributed by atoms with Crippen molar-refractivity contribution in [2.24, 2.45) is 0 Å². The molecular formula is C10H14N2O5. The SMILES string of the molecule is CCC1C(=O)NC(=O)CN1C(=O)CCC(=O)O. The van der Waals surface area contributed by atoms with Crippen molar-refractivity contribution in [1.82, 2.24) is 10.2 Å². The van der Waals surface area contributed by atoms with E-state index in [0.29, 0.717) is 6.42 Å². The number of aliphatic carboxylic acids is 1. The smallest absolute Gasteiger partial charge is 0.303 e. The van der Waals surface area contributed by atoms with E-state index in [4.69, 9.17) is 5.11 Å².